The quantitative estimate of drug-likeness (QED) is 0.838. The number of nitrogens with zero attached hydrogens (tertiary/aromatic N) is 1. The van der Waals surface area contributed by atoms with E-state index in [1.54, 1.807) is 6.07 Å². The maximum atomic E-state index is 12.8. The second-order valence-electron chi connectivity index (χ2n) is 3.00. The highest BCUT2D eigenvalue weighted by Crippen LogP contribution is 2.18. The number of hydrogen-bond acceptors (Lipinski definition) is 2. The van der Waals surface area contributed by atoms with E-state index < -0.39 is 5.95 Å². The van der Waals surface area contributed by atoms with Crippen molar-refractivity contribution in [3.05, 3.63) is 53.0 Å². The SMILES string of the molecule is Fc1cc(Nc2ccc(Br)cc2)ccn1. The molecule has 15 heavy (non-hydrogen) atoms. The molecule has 0 atom stereocenters. The molecule has 0 fully saturated rings. The van der Waals surface area contributed by atoms with Crippen molar-refractivity contribution in [3.63, 3.8) is 0 Å². The van der Waals surface area contributed by atoms with Crippen LogP contribution in [0, 0.1) is 5.95 Å². The molecule has 1 aromatic heterocycles. The Morgan fingerprint density at radius 2 is 1.80 bits per heavy atom. The molecule has 76 valence electrons. The normalized spacial score (nSPS) is 10.0. The lowest BCUT2D eigenvalue weighted by molar-refractivity contribution is 0.584. The number of nitrogens with one attached hydrogen (secondary N) is 1. The molecular weight excluding hydrogens is 259 g/mol. The van der Waals surface area contributed by atoms with Crippen LogP contribution >= 0.6 is 15.9 Å². The van der Waals surface area contributed by atoms with Gasteiger partial charge in [-0.3, -0.25) is 0 Å². The summed E-state index contributed by atoms with van der Waals surface area (Å²) in [5.74, 6) is -0.489. The molecule has 0 aliphatic heterocycles. The molecule has 2 nitrogen and oxygen atoms in total. The minimum atomic E-state index is -0.489. The second-order valence-corrected chi connectivity index (χ2v) is 3.91. The lowest BCUT2D eigenvalue weighted by Gasteiger charge is -2.05. The Labute approximate surface area is 95.3 Å². The third-order valence-electron chi connectivity index (χ3n) is 1.86. The van der Waals surface area contributed by atoms with Gasteiger partial charge in [0.15, 0.2) is 0 Å². The lowest BCUT2D eigenvalue weighted by Crippen LogP contribution is -1.91. The van der Waals surface area contributed by atoms with Crippen molar-refractivity contribution in [1.82, 2.24) is 4.98 Å². The summed E-state index contributed by atoms with van der Waals surface area (Å²) < 4.78 is 13.8. The largest absolute Gasteiger partial charge is 0.355 e. The summed E-state index contributed by atoms with van der Waals surface area (Å²) in [6.45, 7) is 0. The highest BCUT2D eigenvalue weighted by Gasteiger charge is 1.96. The maximum Gasteiger partial charge on any atom is 0.214 e. The van der Waals surface area contributed by atoms with Gasteiger partial charge in [0.1, 0.15) is 0 Å². The summed E-state index contributed by atoms with van der Waals surface area (Å²) in [6.07, 6.45) is 1.43. The van der Waals surface area contributed by atoms with Crippen LogP contribution in [0.2, 0.25) is 0 Å². The molecule has 1 heterocycles. The molecule has 0 aliphatic carbocycles. The Bertz CT molecular complexity index is 456. The Morgan fingerprint density at radius 1 is 1.07 bits per heavy atom. The Balaban J connectivity index is 2.18. The third kappa shape index (κ3) is 2.76. The molecule has 2 aromatic rings. The van der Waals surface area contributed by atoms with E-state index in [1.165, 1.54) is 12.3 Å². The first-order valence-electron chi connectivity index (χ1n) is 4.38. The zero-order valence-electron chi connectivity index (χ0n) is 7.74. The van der Waals surface area contributed by atoms with Gasteiger partial charge in [-0.05, 0) is 30.3 Å². The summed E-state index contributed by atoms with van der Waals surface area (Å²) >= 11 is 3.34. The van der Waals surface area contributed by atoms with Crippen molar-refractivity contribution in [2.75, 3.05) is 5.32 Å². The smallest absolute Gasteiger partial charge is 0.214 e. The van der Waals surface area contributed by atoms with Crippen LogP contribution in [-0.4, -0.2) is 4.98 Å². The van der Waals surface area contributed by atoms with Gasteiger partial charge in [-0.25, -0.2) is 4.98 Å². The van der Waals surface area contributed by atoms with Crippen molar-refractivity contribution in [1.29, 1.82) is 0 Å². The van der Waals surface area contributed by atoms with Gasteiger partial charge in [0.2, 0.25) is 5.95 Å². The Hall–Kier alpha value is -1.42. The van der Waals surface area contributed by atoms with Crippen LogP contribution in [0.15, 0.2) is 47.1 Å². The summed E-state index contributed by atoms with van der Waals surface area (Å²) in [7, 11) is 0. The standard InChI is InChI=1S/C11H8BrFN2/c12-8-1-3-9(4-2-8)15-10-5-6-14-11(13)7-10/h1-7H,(H,14,15). The van der Waals surface area contributed by atoms with Gasteiger partial charge in [0.05, 0.1) is 0 Å². The fraction of sp³-hybridized carbons (Fsp3) is 0. The molecule has 1 aromatic carbocycles. The van der Waals surface area contributed by atoms with Crippen LogP contribution < -0.4 is 5.32 Å². The van der Waals surface area contributed by atoms with Crippen molar-refractivity contribution >= 4 is 27.3 Å². The average Bonchev–Trinajstić information content (AvgIpc) is 2.22. The van der Waals surface area contributed by atoms with E-state index >= 15 is 0 Å². The van der Waals surface area contributed by atoms with Gasteiger partial charge in [0, 0.05) is 28.1 Å². The molecule has 4 heteroatoms. The summed E-state index contributed by atoms with van der Waals surface area (Å²) in [4.78, 5) is 3.48. The van der Waals surface area contributed by atoms with Crippen molar-refractivity contribution in [3.8, 4) is 0 Å². The molecule has 0 amide bonds. The molecule has 2 rings (SSSR count). The molecule has 0 unspecified atom stereocenters. The predicted molar refractivity (Wildman–Crippen MR) is 61.6 cm³/mol. The van der Waals surface area contributed by atoms with E-state index in [4.69, 9.17) is 0 Å². The number of rotatable bonds is 2. The number of pyridine rings is 1. The Morgan fingerprint density at radius 3 is 2.47 bits per heavy atom. The minimum Gasteiger partial charge on any atom is -0.355 e. The second kappa shape index (κ2) is 4.40. The highest BCUT2D eigenvalue weighted by atomic mass is 79.9. The Kier molecular flexibility index (Phi) is 2.97. The van der Waals surface area contributed by atoms with Gasteiger partial charge in [-0.2, -0.15) is 4.39 Å². The number of anilines is 2. The van der Waals surface area contributed by atoms with E-state index in [0.717, 1.165) is 10.2 Å². The fourth-order valence-corrected chi connectivity index (χ4v) is 1.44. The van der Waals surface area contributed by atoms with Gasteiger partial charge >= 0.3 is 0 Å². The van der Waals surface area contributed by atoms with Crippen LogP contribution in [0.4, 0.5) is 15.8 Å². The van der Waals surface area contributed by atoms with Crippen molar-refractivity contribution in [2.45, 2.75) is 0 Å². The van der Waals surface area contributed by atoms with E-state index in [1.807, 2.05) is 24.3 Å². The van der Waals surface area contributed by atoms with Gasteiger partial charge in [0.25, 0.3) is 0 Å². The van der Waals surface area contributed by atoms with Crippen LogP contribution in [0.25, 0.3) is 0 Å². The summed E-state index contributed by atoms with van der Waals surface area (Å²) in [6, 6.07) is 10.7. The minimum absolute atomic E-state index is 0.489. The number of aromatic nitrogens is 1. The van der Waals surface area contributed by atoms with E-state index in [2.05, 4.69) is 26.2 Å². The molecule has 0 aliphatic rings. The highest BCUT2D eigenvalue weighted by molar-refractivity contribution is 9.10. The molecule has 1 N–H and O–H groups in total. The first-order valence-corrected chi connectivity index (χ1v) is 5.17. The monoisotopic (exact) mass is 266 g/mol. The van der Waals surface area contributed by atoms with Gasteiger partial charge in [-0.1, -0.05) is 15.9 Å². The number of halogens is 2. The van der Waals surface area contributed by atoms with Crippen LogP contribution in [0.3, 0.4) is 0 Å². The van der Waals surface area contributed by atoms with Gasteiger partial charge < -0.3 is 5.32 Å². The molecule has 0 spiro atoms. The number of benzene rings is 1. The maximum absolute atomic E-state index is 12.8. The topological polar surface area (TPSA) is 24.9 Å². The zero-order chi connectivity index (χ0) is 10.7. The third-order valence-corrected chi connectivity index (χ3v) is 2.39. The zero-order valence-corrected chi connectivity index (χ0v) is 9.33. The van der Waals surface area contributed by atoms with E-state index in [9.17, 15) is 4.39 Å². The summed E-state index contributed by atoms with van der Waals surface area (Å²) in [5.41, 5.74) is 1.59. The lowest BCUT2D eigenvalue weighted by atomic mass is 10.3. The molecule has 0 bridgehead atoms. The average molecular weight is 267 g/mol. The van der Waals surface area contributed by atoms with E-state index in [-0.39, 0.29) is 0 Å². The molecule has 0 saturated carbocycles. The van der Waals surface area contributed by atoms with Gasteiger partial charge in [-0.15, -0.1) is 0 Å². The fourth-order valence-electron chi connectivity index (χ4n) is 1.18. The van der Waals surface area contributed by atoms with Crippen molar-refractivity contribution < 1.29 is 4.39 Å². The van der Waals surface area contributed by atoms with Crippen molar-refractivity contribution in [2.24, 2.45) is 0 Å². The summed E-state index contributed by atoms with van der Waals surface area (Å²) in [5, 5.41) is 3.07. The van der Waals surface area contributed by atoms with Crippen LogP contribution in [-0.2, 0) is 0 Å². The molecular formula is C11H8BrFN2. The molecule has 0 radical (unpaired) electrons. The first kappa shape index (κ1) is 10.1. The molecule has 0 saturated heterocycles. The first-order chi connectivity index (χ1) is 7.24. The predicted octanol–water partition coefficient (Wildman–Crippen LogP) is 3.73. The van der Waals surface area contributed by atoms with E-state index in [0.29, 0.717) is 5.69 Å². The number of hydrogen-bond donors (Lipinski definition) is 1. The van der Waals surface area contributed by atoms with Crippen LogP contribution in [0.1, 0.15) is 0 Å². The van der Waals surface area contributed by atoms with Crippen LogP contribution in [0.5, 0.6) is 0 Å².